The highest BCUT2D eigenvalue weighted by atomic mass is 19.1. The van der Waals surface area contributed by atoms with E-state index in [-0.39, 0.29) is 6.04 Å². The second-order valence-electron chi connectivity index (χ2n) is 7.43. The highest BCUT2D eigenvalue weighted by molar-refractivity contribution is 5.71. The third kappa shape index (κ3) is 4.19. The molecule has 0 unspecified atom stereocenters. The molecule has 2 aromatic carbocycles. The predicted octanol–water partition coefficient (Wildman–Crippen LogP) is 5.12. The number of hydrogen-bond donors (Lipinski definition) is 0. The van der Waals surface area contributed by atoms with E-state index in [1.54, 1.807) is 4.90 Å². The van der Waals surface area contributed by atoms with Gasteiger partial charge in [-0.1, -0.05) is 60.7 Å². The van der Waals surface area contributed by atoms with Crippen molar-refractivity contribution < 1.29 is 13.9 Å². The number of amides is 1. The zero-order valence-corrected chi connectivity index (χ0v) is 14.9. The Bertz CT molecular complexity index is 672. The van der Waals surface area contributed by atoms with Gasteiger partial charge < -0.3 is 4.74 Å². The summed E-state index contributed by atoms with van der Waals surface area (Å²) in [5, 5.41) is 0. The zero-order chi connectivity index (χ0) is 18.0. The van der Waals surface area contributed by atoms with Crippen LogP contribution in [0.1, 0.15) is 44.4 Å². The largest absolute Gasteiger partial charge is 0.444 e. The van der Waals surface area contributed by atoms with Crippen LogP contribution in [0.25, 0.3) is 0 Å². The number of carbonyl (C=O) groups is 1. The second kappa shape index (κ2) is 6.87. The van der Waals surface area contributed by atoms with Gasteiger partial charge in [-0.25, -0.2) is 9.18 Å². The van der Waals surface area contributed by atoms with Crippen LogP contribution < -0.4 is 0 Å². The molecule has 3 nitrogen and oxygen atoms in total. The molecule has 25 heavy (non-hydrogen) atoms. The van der Waals surface area contributed by atoms with E-state index in [1.807, 2.05) is 81.4 Å². The van der Waals surface area contributed by atoms with Crippen LogP contribution >= 0.6 is 0 Å². The number of carbonyl (C=O) groups excluding carboxylic acids is 1. The molecule has 1 saturated carbocycles. The monoisotopic (exact) mass is 341 g/mol. The van der Waals surface area contributed by atoms with Gasteiger partial charge in [-0.3, -0.25) is 4.90 Å². The molecule has 2 atom stereocenters. The highest BCUT2D eigenvalue weighted by Gasteiger charge is 2.49. The SMILES string of the molecule is CC(C)(C)OC(=O)N(C(c1ccccc1)c1ccccc1)[C@@H]1C[C@@H]1F. The number of alkyl halides is 1. The molecule has 0 spiro atoms. The smallest absolute Gasteiger partial charge is 0.411 e. The third-order valence-electron chi connectivity index (χ3n) is 4.15. The average Bonchev–Trinajstić information content (AvgIpc) is 3.28. The molecule has 3 rings (SSSR count). The van der Waals surface area contributed by atoms with Crippen molar-refractivity contribution in [1.29, 1.82) is 0 Å². The van der Waals surface area contributed by atoms with E-state index in [9.17, 15) is 9.18 Å². The molecule has 1 aliphatic rings. The normalized spacial score (nSPS) is 19.6. The van der Waals surface area contributed by atoms with Crippen molar-refractivity contribution in [2.75, 3.05) is 0 Å². The molecule has 132 valence electrons. The minimum absolute atomic E-state index is 0.357. The van der Waals surface area contributed by atoms with Gasteiger partial charge in [-0.2, -0.15) is 0 Å². The van der Waals surface area contributed by atoms with Gasteiger partial charge in [0.2, 0.25) is 0 Å². The molecule has 2 aromatic rings. The van der Waals surface area contributed by atoms with Crippen LogP contribution in [0.15, 0.2) is 60.7 Å². The molecule has 1 fully saturated rings. The van der Waals surface area contributed by atoms with Gasteiger partial charge in [0, 0.05) is 6.42 Å². The first-order valence-corrected chi connectivity index (χ1v) is 8.62. The van der Waals surface area contributed by atoms with Gasteiger partial charge >= 0.3 is 6.09 Å². The zero-order valence-electron chi connectivity index (χ0n) is 14.9. The summed E-state index contributed by atoms with van der Waals surface area (Å²) in [6.07, 6.45) is -1.12. The Morgan fingerprint density at radius 2 is 1.48 bits per heavy atom. The van der Waals surface area contributed by atoms with Crippen molar-refractivity contribution in [3.63, 3.8) is 0 Å². The van der Waals surface area contributed by atoms with Crippen LogP contribution in [-0.4, -0.2) is 28.8 Å². The Morgan fingerprint density at radius 3 is 1.84 bits per heavy atom. The summed E-state index contributed by atoms with van der Waals surface area (Å²) < 4.78 is 19.6. The van der Waals surface area contributed by atoms with Crippen LogP contribution in [0.2, 0.25) is 0 Å². The molecule has 0 saturated heterocycles. The fourth-order valence-corrected chi connectivity index (χ4v) is 2.97. The Balaban J connectivity index is 2.03. The maximum Gasteiger partial charge on any atom is 0.411 e. The average molecular weight is 341 g/mol. The molecule has 1 aliphatic carbocycles. The molecular weight excluding hydrogens is 317 g/mol. The lowest BCUT2D eigenvalue weighted by Gasteiger charge is -2.34. The molecule has 1 amide bonds. The number of hydrogen-bond acceptors (Lipinski definition) is 2. The van der Waals surface area contributed by atoms with E-state index >= 15 is 0 Å². The van der Waals surface area contributed by atoms with Crippen LogP contribution in [0, 0.1) is 0 Å². The van der Waals surface area contributed by atoms with E-state index in [4.69, 9.17) is 4.74 Å². The number of halogens is 1. The predicted molar refractivity (Wildman–Crippen MR) is 96.1 cm³/mol. The van der Waals surface area contributed by atoms with Crippen LogP contribution in [0.3, 0.4) is 0 Å². The summed E-state index contributed by atoms with van der Waals surface area (Å²) >= 11 is 0. The fourth-order valence-electron chi connectivity index (χ4n) is 2.97. The number of benzene rings is 2. The first-order valence-electron chi connectivity index (χ1n) is 8.62. The van der Waals surface area contributed by atoms with Crippen molar-refractivity contribution in [2.24, 2.45) is 0 Å². The van der Waals surface area contributed by atoms with E-state index < -0.39 is 23.9 Å². The van der Waals surface area contributed by atoms with Gasteiger partial charge in [-0.15, -0.1) is 0 Å². The lowest BCUT2D eigenvalue weighted by Crippen LogP contribution is -2.42. The van der Waals surface area contributed by atoms with E-state index in [0.29, 0.717) is 6.42 Å². The fraction of sp³-hybridized carbons (Fsp3) is 0.381. The molecule has 0 aromatic heterocycles. The summed E-state index contributed by atoms with van der Waals surface area (Å²) in [6.45, 7) is 5.47. The van der Waals surface area contributed by atoms with Crippen LogP contribution in [0.4, 0.5) is 9.18 Å². The van der Waals surface area contributed by atoms with Crippen molar-refractivity contribution in [3.05, 3.63) is 71.8 Å². The Morgan fingerprint density at radius 1 is 1.04 bits per heavy atom. The number of nitrogens with zero attached hydrogens (tertiary/aromatic N) is 1. The van der Waals surface area contributed by atoms with Gasteiger partial charge in [0.05, 0.1) is 12.1 Å². The second-order valence-corrected chi connectivity index (χ2v) is 7.43. The Labute approximate surface area is 148 Å². The van der Waals surface area contributed by atoms with E-state index in [1.165, 1.54) is 0 Å². The number of ether oxygens (including phenoxy) is 1. The van der Waals surface area contributed by atoms with E-state index in [2.05, 4.69) is 0 Å². The lowest BCUT2D eigenvalue weighted by molar-refractivity contribution is 0.0154. The maximum absolute atomic E-state index is 14.0. The molecule has 0 N–H and O–H groups in total. The number of rotatable bonds is 4. The lowest BCUT2D eigenvalue weighted by atomic mass is 9.97. The molecule has 0 aliphatic heterocycles. The van der Waals surface area contributed by atoms with Gasteiger partial charge in [-0.05, 0) is 31.9 Å². The minimum atomic E-state index is -0.998. The maximum atomic E-state index is 14.0. The van der Waals surface area contributed by atoms with Gasteiger partial charge in [0.25, 0.3) is 0 Å². The van der Waals surface area contributed by atoms with Crippen molar-refractivity contribution in [1.82, 2.24) is 4.90 Å². The summed E-state index contributed by atoms with van der Waals surface area (Å²) in [5.41, 5.74) is 1.26. The Kier molecular flexibility index (Phi) is 4.80. The molecule has 0 heterocycles. The third-order valence-corrected chi connectivity index (χ3v) is 4.15. The van der Waals surface area contributed by atoms with Crippen molar-refractivity contribution >= 4 is 6.09 Å². The first-order chi connectivity index (χ1) is 11.9. The molecule has 4 heteroatoms. The first kappa shape index (κ1) is 17.5. The quantitative estimate of drug-likeness (QED) is 0.772. The van der Waals surface area contributed by atoms with Crippen molar-refractivity contribution in [3.8, 4) is 0 Å². The molecule has 0 radical (unpaired) electrons. The molecule has 0 bridgehead atoms. The summed E-state index contributed by atoms with van der Waals surface area (Å²) in [6, 6.07) is 18.6. The highest BCUT2D eigenvalue weighted by Crippen LogP contribution is 2.41. The topological polar surface area (TPSA) is 29.5 Å². The van der Waals surface area contributed by atoms with Gasteiger partial charge in [0.1, 0.15) is 11.8 Å². The standard InChI is InChI=1S/C21H24FNO2/c1-21(2,3)25-20(24)23(18-14-17(18)22)19(15-10-6-4-7-11-15)16-12-8-5-9-13-16/h4-13,17-19H,14H2,1-3H3/t17-,18+/m0/s1. The molecular formula is C21H24FNO2. The summed E-state index contributed by atoms with van der Waals surface area (Å²) in [5.74, 6) is 0. The summed E-state index contributed by atoms with van der Waals surface area (Å²) in [4.78, 5) is 14.5. The van der Waals surface area contributed by atoms with Crippen molar-refractivity contribution in [2.45, 2.75) is 51.0 Å². The summed E-state index contributed by atoms with van der Waals surface area (Å²) in [7, 11) is 0. The van der Waals surface area contributed by atoms with E-state index in [0.717, 1.165) is 11.1 Å². The minimum Gasteiger partial charge on any atom is -0.444 e. The Hall–Kier alpha value is -2.36. The van der Waals surface area contributed by atoms with Crippen LogP contribution in [0.5, 0.6) is 0 Å². The van der Waals surface area contributed by atoms with Gasteiger partial charge in [0.15, 0.2) is 0 Å². The van der Waals surface area contributed by atoms with Crippen LogP contribution in [-0.2, 0) is 4.74 Å².